The number of methoxy groups -OCH3 is 1. The minimum absolute atomic E-state index is 0.417. The molecule has 26 heavy (non-hydrogen) atoms. The number of ether oxygens (including phenoxy) is 1. The van der Waals surface area contributed by atoms with Gasteiger partial charge in [0.05, 0.1) is 7.11 Å². The van der Waals surface area contributed by atoms with Crippen molar-refractivity contribution in [3.05, 3.63) is 65.2 Å². The maximum absolute atomic E-state index is 13.0. The van der Waals surface area contributed by atoms with Crippen LogP contribution in [0.2, 0.25) is 0 Å². The van der Waals surface area contributed by atoms with E-state index in [0.29, 0.717) is 18.7 Å². The lowest BCUT2D eigenvalue weighted by Gasteiger charge is -2.06. The molecule has 142 valence electrons. The normalized spacial score (nSPS) is 10.7. The van der Waals surface area contributed by atoms with Crippen LogP contribution in [0.1, 0.15) is 11.1 Å². The van der Waals surface area contributed by atoms with Crippen LogP contribution in [0.3, 0.4) is 0 Å². The zero-order valence-corrected chi connectivity index (χ0v) is 13.6. The van der Waals surface area contributed by atoms with E-state index in [0.717, 1.165) is 17.4 Å². The Kier molecular flexibility index (Phi) is 7.98. The minimum atomic E-state index is -5.08. The van der Waals surface area contributed by atoms with Crippen LogP contribution in [0.15, 0.2) is 42.5 Å². The van der Waals surface area contributed by atoms with Gasteiger partial charge in [-0.2, -0.15) is 13.2 Å². The third kappa shape index (κ3) is 7.93. The van der Waals surface area contributed by atoms with E-state index in [9.17, 15) is 22.0 Å². The molecule has 0 bridgehead atoms. The molecule has 0 aliphatic heterocycles. The lowest BCUT2D eigenvalue weighted by molar-refractivity contribution is -0.192. The maximum atomic E-state index is 13.0. The van der Waals surface area contributed by atoms with Gasteiger partial charge in [-0.3, -0.25) is 0 Å². The Bertz CT molecular complexity index is 697. The van der Waals surface area contributed by atoms with E-state index in [1.165, 1.54) is 12.1 Å². The Labute approximate surface area is 146 Å². The fraction of sp³-hybridized carbons (Fsp3) is 0.235. The van der Waals surface area contributed by atoms with E-state index < -0.39 is 23.8 Å². The van der Waals surface area contributed by atoms with E-state index >= 15 is 0 Å². The van der Waals surface area contributed by atoms with E-state index in [4.69, 9.17) is 14.6 Å². The van der Waals surface area contributed by atoms with Crippen molar-refractivity contribution in [2.45, 2.75) is 19.3 Å². The molecule has 2 rings (SSSR count). The Morgan fingerprint density at radius 1 is 1.00 bits per heavy atom. The number of hydrogen-bond acceptors (Lipinski definition) is 3. The molecule has 2 aromatic rings. The van der Waals surface area contributed by atoms with E-state index in [1.54, 1.807) is 7.11 Å². The van der Waals surface area contributed by atoms with Crippen LogP contribution < -0.4 is 10.1 Å². The zero-order chi connectivity index (χ0) is 19.7. The number of aliphatic carboxylic acids is 1. The first-order chi connectivity index (χ1) is 12.1. The third-order valence-corrected chi connectivity index (χ3v) is 2.98. The molecule has 2 aromatic carbocycles. The average Bonchev–Trinajstić information content (AvgIpc) is 2.54. The van der Waals surface area contributed by atoms with Crippen LogP contribution in [0.5, 0.6) is 5.75 Å². The minimum Gasteiger partial charge on any atom is -0.497 e. The van der Waals surface area contributed by atoms with Gasteiger partial charge in [-0.1, -0.05) is 12.1 Å². The highest BCUT2D eigenvalue weighted by Crippen LogP contribution is 2.13. The van der Waals surface area contributed by atoms with Crippen LogP contribution in [-0.4, -0.2) is 24.4 Å². The standard InChI is InChI=1S/C15H15F2NO.C2HF3O2/c1-19-15-4-2-11(3-5-15)9-18-10-12-6-13(16)8-14(17)7-12;3-2(4,5)1(6)7/h2-8,18H,9-10H2,1H3;(H,6,7). The number of halogens is 5. The van der Waals surface area contributed by atoms with Gasteiger partial charge < -0.3 is 15.2 Å². The Morgan fingerprint density at radius 2 is 1.46 bits per heavy atom. The predicted octanol–water partition coefficient (Wildman–Crippen LogP) is 3.90. The highest BCUT2D eigenvalue weighted by atomic mass is 19.4. The number of nitrogens with one attached hydrogen (secondary N) is 1. The van der Waals surface area contributed by atoms with Gasteiger partial charge in [0.25, 0.3) is 0 Å². The van der Waals surface area contributed by atoms with E-state index in [-0.39, 0.29) is 0 Å². The van der Waals surface area contributed by atoms with Crippen LogP contribution >= 0.6 is 0 Å². The van der Waals surface area contributed by atoms with Gasteiger partial charge in [0, 0.05) is 19.2 Å². The third-order valence-electron chi connectivity index (χ3n) is 2.98. The van der Waals surface area contributed by atoms with Crippen LogP contribution in [0, 0.1) is 11.6 Å². The summed E-state index contributed by atoms with van der Waals surface area (Å²) >= 11 is 0. The van der Waals surface area contributed by atoms with Gasteiger partial charge in [-0.05, 0) is 35.4 Å². The zero-order valence-electron chi connectivity index (χ0n) is 13.6. The Hall–Kier alpha value is -2.68. The molecule has 0 heterocycles. The summed E-state index contributed by atoms with van der Waals surface area (Å²) < 4.78 is 62.8. The Morgan fingerprint density at radius 3 is 1.88 bits per heavy atom. The molecule has 0 saturated heterocycles. The first-order valence-electron chi connectivity index (χ1n) is 7.20. The molecule has 4 nitrogen and oxygen atoms in total. The lowest BCUT2D eigenvalue weighted by atomic mass is 10.2. The summed E-state index contributed by atoms with van der Waals surface area (Å²) in [5, 5.41) is 10.3. The second-order valence-corrected chi connectivity index (χ2v) is 5.03. The molecule has 9 heteroatoms. The van der Waals surface area contributed by atoms with Gasteiger partial charge >= 0.3 is 12.1 Å². The molecule has 0 aliphatic carbocycles. The summed E-state index contributed by atoms with van der Waals surface area (Å²) in [4.78, 5) is 8.90. The van der Waals surface area contributed by atoms with Gasteiger partial charge in [-0.15, -0.1) is 0 Å². The number of carboxylic acid groups (broad SMARTS) is 1. The number of benzene rings is 2. The van der Waals surface area contributed by atoms with Crippen molar-refractivity contribution < 1.29 is 36.6 Å². The summed E-state index contributed by atoms with van der Waals surface area (Å²) in [6.45, 7) is 1.04. The number of rotatable bonds is 5. The molecule has 0 atom stereocenters. The summed E-state index contributed by atoms with van der Waals surface area (Å²) in [5.74, 6) is -3.06. The lowest BCUT2D eigenvalue weighted by Crippen LogP contribution is -2.21. The van der Waals surface area contributed by atoms with Crippen LogP contribution in [-0.2, 0) is 17.9 Å². The Balaban J connectivity index is 0.000000412. The van der Waals surface area contributed by atoms with Gasteiger partial charge in [0.2, 0.25) is 0 Å². The number of carbonyl (C=O) groups is 1. The van der Waals surface area contributed by atoms with Crippen molar-refractivity contribution in [3.8, 4) is 5.75 Å². The molecule has 0 amide bonds. The molecule has 0 radical (unpaired) electrons. The fourth-order valence-corrected chi connectivity index (χ4v) is 1.81. The SMILES string of the molecule is COc1ccc(CNCc2cc(F)cc(F)c2)cc1.O=C(O)C(F)(F)F. The number of alkyl halides is 3. The monoisotopic (exact) mass is 377 g/mol. The van der Waals surface area contributed by atoms with Crippen LogP contribution in [0.4, 0.5) is 22.0 Å². The highest BCUT2D eigenvalue weighted by Gasteiger charge is 2.38. The van der Waals surface area contributed by atoms with Gasteiger partial charge in [0.15, 0.2) is 0 Å². The first-order valence-corrected chi connectivity index (χ1v) is 7.20. The summed E-state index contributed by atoms with van der Waals surface area (Å²) in [6, 6.07) is 11.1. The first kappa shape index (κ1) is 21.4. The summed E-state index contributed by atoms with van der Waals surface area (Å²) in [5.41, 5.74) is 1.67. The molecular weight excluding hydrogens is 361 g/mol. The smallest absolute Gasteiger partial charge is 0.490 e. The predicted molar refractivity (Wildman–Crippen MR) is 83.6 cm³/mol. The van der Waals surface area contributed by atoms with Crippen molar-refractivity contribution in [2.24, 2.45) is 0 Å². The highest BCUT2D eigenvalue weighted by molar-refractivity contribution is 5.73. The number of carboxylic acids is 1. The molecular formula is C17H16F5NO3. The number of hydrogen-bond donors (Lipinski definition) is 2. The summed E-state index contributed by atoms with van der Waals surface area (Å²) in [7, 11) is 1.62. The molecule has 0 spiro atoms. The van der Waals surface area contributed by atoms with Crippen molar-refractivity contribution in [1.82, 2.24) is 5.32 Å². The van der Waals surface area contributed by atoms with Crippen molar-refractivity contribution in [1.29, 1.82) is 0 Å². The molecule has 0 unspecified atom stereocenters. The second kappa shape index (κ2) is 9.71. The topological polar surface area (TPSA) is 58.6 Å². The average molecular weight is 377 g/mol. The largest absolute Gasteiger partial charge is 0.497 e. The molecule has 0 aliphatic rings. The van der Waals surface area contributed by atoms with Crippen LogP contribution in [0.25, 0.3) is 0 Å². The van der Waals surface area contributed by atoms with E-state index in [2.05, 4.69) is 5.32 Å². The molecule has 2 N–H and O–H groups in total. The summed E-state index contributed by atoms with van der Waals surface area (Å²) in [6.07, 6.45) is -5.08. The van der Waals surface area contributed by atoms with Crippen molar-refractivity contribution in [3.63, 3.8) is 0 Å². The van der Waals surface area contributed by atoms with Crippen molar-refractivity contribution in [2.75, 3.05) is 7.11 Å². The quantitative estimate of drug-likeness (QED) is 0.776. The maximum Gasteiger partial charge on any atom is 0.490 e. The van der Waals surface area contributed by atoms with E-state index in [1.807, 2.05) is 24.3 Å². The molecule has 0 fully saturated rings. The van der Waals surface area contributed by atoms with Gasteiger partial charge in [-0.25, -0.2) is 13.6 Å². The second-order valence-electron chi connectivity index (χ2n) is 5.03. The van der Waals surface area contributed by atoms with Gasteiger partial charge in [0.1, 0.15) is 17.4 Å². The molecule has 0 aromatic heterocycles. The molecule has 0 saturated carbocycles. The fourth-order valence-electron chi connectivity index (χ4n) is 1.81. The van der Waals surface area contributed by atoms with Crippen molar-refractivity contribution >= 4 is 5.97 Å².